The maximum atomic E-state index is 11.3. The van der Waals surface area contributed by atoms with Crippen molar-refractivity contribution >= 4 is 39.7 Å². The molecule has 1 N–H and O–H groups in total. The molecule has 0 spiro atoms. The SMILES string of the molecule is CC(=O)Sc1cccc2c(/C=C(\C)C(=O)O)cccc12. The Balaban J connectivity index is 2.62. The topological polar surface area (TPSA) is 54.4 Å². The van der Waals surface area contributed by atoms with Crippen LogP contribution in [-0.2, 0) is 9.59 Å². The molecule has 0 amide bonds. The third kappa shape index (κ3) is 3.08. The largest absolute Gasteiger partial charge is 0.478 e. The van der Waals surface area contributed by atoms with Crippen LogP contribution >= 0.6 is 11.8 Å². The Hall–Kier alpha value is -2.07. The van der Waals surface area contributed by atoms with Crippen molar-refractivity contribution in [3.8, 4) is 0 Å². The summed E-state index contributed by atoms with van der Waals surface area (Å²) < 4.78 is 0. The number of fused-ring (bicyclic) bond motifs is 1. The van der Waals surface area contributed by atoms with E-state index in [0.29, 0.717) is 0 Å². The average molecular weight is 286 g/mol. The minimum absolute atomic E-state index is 0.0279. The fraction of sp³-hybridized carbons (Fsp3) is 0.125. The number of carbonyl (C=O) groups is 2. The van der Waals surface area contributed by atoms with Crippen molar-refractivity contribution in [2.75, 3.05) is 0 Å². The summed E-state index contributed by atoms with van der Waals surface area (Å²) in [6, 6.07) is 11.4. The number of hydrogen-bond acceptors (Lipinski definition) is 3. The minimum Gasteiger partial charge on any atom is -0.478 e. The normalized spacial score (nSPS) is 11.6. The average Bonchev–Trinajstić information content (AvgIpc) is 2.39. The molecular weight excluding hydrogens is 272 g/mol. The predicted molar refractivity (Wildman–Crippen MR) is 81.8 cm³/mol. The molecule has 3 nitrogen and oxygen atoms in total. The van der Waals surface area contributed by atoms with E-state index in [1.807, 2.05) is 36.4 Å². The van der Waals surface area contributed by atoms with Gasteiger partial charge in [0, 0.05) is 17.4 Å². The van der Waals surface area contributed by atoms with Gasteiger partial charge in [0.1, 0.15) is 0 Å². The van der Waals surface area contributed by atoms with Crippen molar-refractivity contribution in [2.45, 2.75) is 18.7 Å². The highest BCUT2D eigenvalue weighted by atomic mass is 32.2. The first-order valence-corrected chi connectivity index (χ1v) is 6.92. The molecule has 0 aromatic heterocycles. The van der Waals surface area contributed by atoms with Crippen molar-refractivity contribution in [1.29, 1.82) is 0 Å². The molecule has 2 aromatic carbocycles. The maximum absolute atomic E-state index is 11.3. The number of hydrogen-bond donors (Lipinski definition) is 1. The van der Waals surface area contributed by atoms with Gasteiger partial charge in [-0.3, -0.25) is 4.79 Å². The van der Waals surface area contributed by atoms with Crippen LogP contribution in [0.2, 0.25) is 0 Å². The van der Waals surface area contributed by atoms with E-state index in [1.165, 1.54) is 18.7 Å². The van der Waals surface area contributed by atoms with Gasteiger partial charge in [0.15, 0.2) is 5.12 Å². The zero-order valence-electron chi connectivity index (χ0n) is 11.2. The maximum Gasteiger partial charge on any atom is 0.331 e. The van der Waals surface area contributed by atoms with Gasteiger partial charge in [-0.2, -0.15) is 0 Å². The molecule has 0 atom stereocenters. The summed E-state index contributed by atoms with van der Waals surface area (Å²) in [5, 5.41) is 10.9. The summed E-state index contributed by atoms with van der Waals surface area (Å²) >= 11 is 1.19. The van der Waals surface area contributed by atoms with Crippen LogP contribution in [0.25, 0.3) is 16.8 Å². The van der Waals surface area contributed by atoms with E-state index in [4.69, 9.17) is 5.11 Å². The molecular formula is C16H14O3S. The molecule has 0 saturated heterocycles. The third-order valence-corrected chi connectivity index (χ3v) is 3.74. The second kappa shape index (κ2) is 5.92. The molecule has 20 heavy (non-hydrogen) atoms. The molecule has 4 heteroatoms. The van der Waals surface area contributed by atoms with Gasteiger partial charge in [0.05, 0.1) is 0 Å². The Bertz CT molecular complexity index is 717. The van der Waals surface area contributed by atoms with Gasteiger partial charge in [0.25, 0.3) is 0 Å². The van der Waals surface area contributed by atoms with Crippen LogP contribution in [0.15, 0.2) is 46.9 Å². The molecule has 102 valence electrons. The number of carboxylic acid groups (broad SMARTS) is 1. The standard InChI is InChI=1S/C16H14O3S/c1-10(16(18)19)9-12-5-3-7-14-13(12)6-4-8-15(14)20-11(2)17/h3-9H,1-2H3,(H,18,19)/b10-9+. The number of rotatable bonds is 3. The first-order valence-electron chi connectivity index (χ1n) is 6.11. The quantitative estimate of drug-likeness (QED) is 0.685. The van der Waals surface area contributed by atoms with E-state index < -0.39 is 5.97 Å². The van der Waals surface area contributed by atoms with Gasteiger partial charge >= 0.3 is 5.97 Å². The molecule has 2 aromatic rings. The smallest absolute Gasteiger partial charge is 0.331 e. The molecule has 2 rings (SSSR count). The number of benzene rings is 2. The van der Waals surface area contributed by atoms with Crippen molar-refractivity contribution in [3.63, 3.8) is 0 Å². The highest BCUT2D eigenvalue weighted by Crippen LogP contribution is 2.30. The molecule has 0 fully saturated rings. The lowest BCUT2D eigenvalue weighted by Gasteiger charge is -2.07. The minimum atomic E-state index is -0.934. The number of aliphatic carboxylic acids is 1. The number of carboxylic acids is 1. The fourth-order valence-corrected chi connectivity index (χ4v) is 2.71. The Morgan fingerprint density at radius 2 is 1.70 bits per heavy atom. The highest BCUT2D eigenvalue weighted by Gasteiger charge is 2.07. The zero-order chi connectivity index (χ0) is 14.7. The Morgan fingerprint density at radius 3 is 2.35 bits per heavy atom. The van der Waals surface area contributed by atoms with E-state index in [1.54, 1.807) is 13.0 Å². The van der Waals surface area contributed by atoms with E-state index in [2.05, 4.69) is 0 Å². The van der Waals surface area contributed by atoms with Crippen LogP contribution in [0.4, 0.5) is 0 Å². The number of carbonyl (C=O) groups excluding carboxylic acids is 1. The summed E-state index contributed by atoms with van der Waals surface area (Å²) in [6.07, 6.45) is 1.65. The van der Waals surface area contributed by atoms with E-state index >= 15 is 0 Å². The first kappa shape index (κ1) is 14.3. The molecule has 0 aliphatic rings. The summed E-state index contributed by atoms with van der Waals surface area (Å²) in [5.41, 5.74) is 1.12. The summed E-state index contributed by atoms with van der Waals surface area (Å²) in [7, 11) is 0. The van der Waals surface area contributed by atoms with Crippen LogP contribution < -0.4 is 0 Å². The molecule has 0 heterocycles. The Kier molecular flexibility index (Phi) is 4.25. The highest BCUT2D eigenvalue weighted by molar-refractivity contribution is 8.13. The lowest BCUT2D eigenvalue weighted by atomic mass is 10.0. The summed E-state index contributed by atoms with van der Waals surface area (Å²) in [5.74, 6) is -0.934. The van der Waals surface area contributed by atoms with Crippen LogP contribution in [-0.4, -0.2) is 16.2 Å². The van der Waals surface area contributed by atoms with Crippen LogP contribution in [0.5, 0.6) is 0 Å². The van der Waals surface area contributed by atoms with Crippen molar-refractivity contribution in [2.24, 2.45) is 0 Å². The Labute approximate surface area is 121 Å². The third-order valence-electron chi connectivity index (χ3n) is 2.88. The van der Waals surface area contributed by atoms with Crippen molar-refractivity contribution < 1.29 is 14.7 Å². The van der Waals surface area contributed by atoms with Gasteiger partial charge in [-0.15, -0.1) is 0 Å². The Morgan fingerprint density at radius 1 is 1.05 bits per heavy atom. The number of thioether (sulfide) groups is 1. The predicted octanol–water partition coefficient (Wildman–Crippen LogP) is 3.97. The van der Waals surface area contributed by atoms with Gasteiger partial charge in [0.2, 0.25) is 0 Å². The van der Waals surface area contributed by atoms with Crippen LogP contribution in [0.3, 0.4) is 0 Å². The van der Waals surface area contributed by atoms with Gasteiger partial charge in [-0.25, -0.2) is 4.79 Å². The van der Waals surface area contributed by atoms with Crippen LogP contribution in [0, 0.1) is 0 Å². The second-order valence-corrected chi connectivity index (χ2v) is 5.64. The molecule has 0 aliphatic carbocycles. The molecule has 0 bridgehead atoms. The van der Waals surface area contributed by atoms with E-state index in [9.17, 15) is 9.59 Å². The van der Waals surface area contributed by atoms with Gasteiger partial charge < -0.3 is 5.11 Å². The lowest BCUT2D eigenvalue weighted by molar-refractivity contribution is -0.132. The lowest BCUT2D eigenvalue weighted by Crippen LogP contribution is -1.95. The monoisotopic (exact) mass is 286 g/mol. The van der Waals surface area contributed by atoms with E-state index in [0.717, 1.165) is 21.2 Å². The molecule has 0 radical (unpaired) electrons. The summed E-state index contributed by atoms with van der Waals surface area (Å²) in [4.78, 5) is 23.1. The van der Waals surface area contributed by atoms with Crippen molar-refractivity contribution in [3.05, 3.63) is 47.5 Å². The summed E-state index contributed by atoms with van der Waals surface area (Å²) in [6.45, 7) is 3.09. The van der Waals surface area contributed by atoms with Crippen LogP contribution in [0.1, 0.15) is 19.4 Å². The molecule has 0 aliphatic heterocycles. The fourth-order valence-electron chi connectivity index (χ4n) is 1.97. The van der Waals surface area contributed by atoms with Gasteiger partial charge in [-0.05, 0) is 35.4 Å². The zero-order valence-corrected chi connectivity index (χ0v) is 12.0. The first-order chi connectivity index (χ1) is 9.49. The molecule has 0 saturated carbocycles. The second-order valence-electron chi connectivity index (χ2n) is 4.42. The van der Waals surface area contributed by atoms with Gasteiger partial charge in [-0.1, -0.05) is 42.1 Å². The molecule has 0 unspecified atom stereocenters. The van der Waals surface area contributed by atoms with E-state index in [-0.39, 0.29) is 10.7 Å². The van der Waals surface area contributed by atoms with Crippen molar-refractivity contribution in [1.82, 2.24) is 0 Å².